The van der Waals surface area contributed by atoms with Gasteiger partial charge in [0.1, 0.15) is 29.6 Å². The molecule has 0 atom stereocenters. The van der Waals surface area contributed by atoms with Gasteiger partial charge in [-0.25, -0.2) is 13.8 Å². The average molecular weight is 399 g/mol. The van der Waals surface area contributed by atoms with Gasteiger partial charge < -0.3 is 9.72 Å². The van der Waals surface area contributed by atoms with Gasteiger partial charge in [0.2, 0.25) is 5.78 Å². The number of carbonyl (C=O) groups is 1. The van der Waals surface area contributed by atoms with Crippen LogP contribution in [-0.4, -0.2) is 15.8 Å². The molecule has 2 aromatic carbocycles. The fraction of sp³-hybridized carbons (Fsp3) is 0.0476. The van der Waals surface area contributed by atoms with E-state index < -0.39 is 23.0 Å². The number of aromatic amines is 1. The highest BCUT2D eigenvalue weighted by Crippen LogP contribution is 2.27. The molecule has 0 spiro atoms. The van der Waals surface area contributed by atoms with E-state index in [0.717, 1.165) is 17.7 Å². The van der Waals surface area contributed by atoms with Crippen molar-refractivity contribution in [2.75, 3.05) is 0 Å². The molecule has 1 N–H and O–H groups in total. The summed E-state index contributed by atoms with van der Waals surface area (Å²) in [5.74, 6) is -2.81. The lowest BCUT2D eigenvalue weighted by Gasteiger charge is -2.09. The maximum Gasteiger partial charge on any atom is 0.201 e. The van der Waals surface area contributed by atoms with Gasteiger partial charge in [0, 0.05) is 35.5 Å². The molecule has 0 aliphatic heterocycles. The molecule has 0 aliphatic carbocycles. The molecule has 28 heavy (non-hydrogen) atoms. The number of carbonyl (C=O) groups excluding carboxylic acids is 1. The van der Waals surface area contributed by atoms with Gasteiger partial charge in [0.05, 0.1) is 10.6 Å². The third-order valence-corrected chi connectivity index (χ3v) is 4.44. The minimum absolute atomic E-state index is 0.000888. The van der Waals surface area contributed by atoms with E-state index in [0.29, 0.717) is 16.1 Å². The third kappa shape index (κ3) is 3.46. The molecule has 2 heterocycles. The molecule has 0 unspecified atom stereocenters. The lowest BCUT2D eigenvalue weighted by molar-refractivity contribution is 0.103. The molecular weight excluding hydrogens is 386 g/mol. The Labute approximate surface area is 163 Å². The third-order valence-electron chi connectivity index (χ3n) is 4.23. The summed E-state index contributed by atoms with van der Waals surface area (Å²) in [6.45, 7) is 0.152. The van der Waals surface area contributed by atoms with E-state index in [4.69, 9.17) is 16.3 Å². The summed E-state index contributed by atoms with van der Waals surface area (Å²) in [7, 11) is 0. The molecular formula is C21H13ClF2N2O2. The van der Waals surface area contributed by atoms with Crippen LogP contribution in [0, 0.1) is 11.6 Å². The second-order valence-electron chi connectivity index (χ2n) is 6.12. The molecule has 4 rings (SSSR count). The minimum Gasteiger partial charge on any atom is -0.489 e. The first kappa shape index (κ1) is 18.1. The van der Waals surface area contributed by atoms with Crippen LogP contribution >= 0.6 is 11.6 Å². The zero-order chi connectivity index (χ0) is 19.7. The number of fused-ring (bicyclic) bond motifs is 1. The smallest absolute Gasteiger partial charge is 0.201 e. The minimum atomic E-state index is -1.00. The van der Waals surface area contributed by atoms with Crippen molar-refractivity contribution in [1.29, 1.82) is 0 Å². The van der Waals surface area contributed by atoms with E-state index in [2.05, 4.69) is 9.97 Å². The maximum atomic E-state index is 14.6. The van der Waals surface area contributed by atoms with Crippen LogP contribution in [0.25, 0.3) is 11.0 Å². The van der Waals surface area contributed by atoms with Gasteiger partial charge in [-0.2, -0.15) is 0 Å². The summed E-state index contributed by atoms with van der Waals surface area (Å²) >= 11 is 5.91. The van der Waals surface area contributed by atoms with Crippen LogP contribution in [0.3, 0.4) is 0 Å². The van der Waals surface area contributed by atoms with Crippen LogP contribution in [0.1, 0.15) is 21.5 Å². The van der Waals surface area contributed by atoms with E-state index in [9.17, 15) is 13.6 Å². The van der Waals surface area contributed by atoms with Gasteiger partial charge in [-0.3, -0.25) is 4.79 Å². The summed E-state index contributed by atoms with van der Waals surface area (Å²) in [5.41, 5.74) is 0.678. The Morgan fingerprint density at radius 2 is 1.82 bits per heavy atom. The standard InChI is InChI=1S/C21H13ClF2N2O2/c22-13-6-15-16(10-26-21(15)25-9-13)20(27)19-17(23)7-14(8-18(19)24)28-11-12-4-2-1-3-5-12/h1-10H,11H2,(H,25,26). The van der Waals surface area contributed by atoms with Gasteiger partial charge in [-0.05, 0) is 11.6 Å². The van der Waals surface area contributed by atoms with E-state index in [-0.39, 0.29) is 17.9 Å². The molecule has 7 heteroatoms. The molecule has 0 saturated carbocycles. The van der Waals surface area contributed by atoms with Crippen LogP contribution in [0.15, 0.2) is 60.9 Å². The normalized spacial score (nSPS) is 11.0. The molecule has 0 bridgehead atoms. The monoisotopic (exact) mass is 398 g/mol. The number of benzene rings is 2. The van der Waals surface area contributed by atoms with Gasteiger partial charge in [-0.15, -0.1) is 0 Å². The second kappa shape index (κ2) is 7.40. The Bertz CT molecular complexity index is 1150. The molecule has 0 amide bonds. The number of ether oxygens (including phenoxy) is 1. The van der Waals surface area contributed by atoms with Gasteiger partial charge in [0.15, 0.2) is 0 Å². The topological polar surface area (TPSA) is 55.0 Å². The van der Waals surface area contributed by atoms with Crippen molar-refractivity contribution in [1.82, 2.24) is 9.97 Å². The Balaban J connectivity index is 1.64. The van der Waals surface area contributed by atoms with E-state index in [1.165, 1.54) is 18.5 Å². The van der Waals surface area contributed by atoms with E-state index >= 15 is 0 Å². The molecule has 140 valence electrons. The van der Waals surface area contributed by atoms with Crippen LogP contribution in [0.5, 0.6) is 5.75 Å². The van der Waals surface area contributed by atoms with Crippen LogP contribution in [-0.2, 0) is 6.61 Å². The SMILES string of the molecule is O=C(c1c(F)cc(OCc2ccccc2)cc1F)c1c[nH]c2ncc(Cl)cc12. The number of rotatable bonds is 5. The van der Waals surface area contributed by atoms with E-state index in [1.54, 1.807) is 0 Å². The van der Waals surface area contributed by atoms with Crippen LogP contribution < -0.4 is 4.74 Å². The Hall–Kier alpha value is -3.25. The summed E-state index contributed by atoms with van der Waals surface area (Å²) in [6, 6.07) is 12.7. The van der Waals surface area contributed by atoms with E-state index in [1.807, 2.05) is 30.3 Å². The van der Waals surface area contributed by atoms with Gasteiger partial charge in [0.25, 0.3) is 0 Å². The Morgan fingerprint density at radius 1 is 1.11 bits per heavy atom. The van der Waals surface area contributed by atoms with Crippen molar-refractivity contribution in [3.63, 3.8) is 0 Å². The first-order valence-electron chi connectivity index (χ1n) is 8.36. The number of ketones is 1. The number of nitrogens with one attached hydrogen (secondary N) is 1. The van der Waals surface area contributed by atoms with Crippen molar-refractivity contribution in [2.24, 2.45) is 0 Å². The molecule has 0 fully saturated rings. The zero-order valence-corrected chi connectivity index (χ0v) is 15.1. The zero-order valence-electron chi connectivity index (χ0n) is 14.4. The fourth-order valence-corrected chi connectivity index (χ4v) is 3.05. The highest BCUT2D eigenvalue weighted by atomic mass is 35.5. The molecule has 0 radical (unpaired) electrons. The first-order valence-corrected chi connectivity index (χ1v) is 8.74. The van der Waals surface area contributed by atoms with Crippen molar-refractivity contribution < 1.29 is 18.3 Å². The highest BCUT2D eigenvalue weighted by Gasteiger charge is 2.23. The number of hydrogen-bond acceptors (Lipinski definition) is 3. The second-order valence-corrected chi connectivity index (χ2v) is 6.55. The summed E-state index contributed by atoms with van der Waals surface area (Å²) < 4.78 is 34.6. The van der Waals surface area contributed by atoms with Crippen molar-refractivity contribution >= 4 is 28.4 Å². The number of halogens is 3. The van der Waals surface area contributed by atoms with Gasteiger partial charge >= 0.3 is 0 Å². The highest BCUT2D eigenvalue weighted by molar-refractivity contribution is 6.31. The predicted molar refractivity (Wildman–Crippen MR) is 102 cm³/mol. The Morgan fingerprint density at radius 3 is 2.54 bits per heavy atom. The predicted octanol–water partition coefficient (Wildman–Crippen LogP) is 5.30. The number of H-pyrrole nitrogens is 1. The summed E-state index contributed by atoms with van der Waals surface area (Å²) in [6.07, 6.45) is 2.77. The molecule has 0 aliphatic rings. The van der Waals surface area contributed by atoms with Crippen molar-refractivity contribution in [2.45, 2.75) is 6.61 Å². The molecule has 4 aromatic rings. The average Bonchev–Trinajstić information content (AvgIpc) is 3.09. The first-order chi connectivity index (χ1) is 13.5. The lowest BCUT2D eigenvalue weighted by Crippen LogP contribution is -2.08. The number of aromatic nitrogens is 2. The summed E-state index contributed by atoms with van der Waals surface area (Å²) in [5, 5.41) is 0.701. The quantitative estimate of drug-likeness (QED) is 0.464. The maximum absolute atomic E-state index is 14.6. The summed E-state index contributed by atoms with van der Waals surface area (Å²) in [4.78, 5) is 19.6. The Kier molecular flexibility index (Phi) is 4.79. The van der Waals surface area contributed by atoms with Crippen molar-refractivity contribution in [3.05, 3.63) is 94.3 Å². The largest absolute Gasteiger partial charge is 0.489 e. The number of nitrogens with zero attached hydrogens (tertiary/aromatic N) is 1. The lowest BCUT2D eigenvalue weighted by atomic mass is 10.0. The molecule has 2 aromatic heterocycles. The van der Waals surface area contributed by atoms with Crippen molar-refractivity contribution in [3.8, 4) is 5.75 Å². The van der Waals surface area contributed by atoms with Crippen LogP contribution in [0.2, 0.25) is 5.02 Å². The number of pyridine rings is 1. The number of hydrogen-bond donors (Lipinski definition) is 1. The molecule has 4 nitrogen and oxygen atoms in total. The van der Waals surface area contributed by atoms with Crippen LogP contribution in [0.4, 0.5) is 8.78 Å². The molecule has 0 saturated heterocycles. The fourth-order valence-electron chi connectivity index (χ4n) is 2.89. The van der Waals surface area contributed by atoms with Gasteiger partial charge in [-0.1, -0.05) is 41.9 Å².